The topological polar surface area (TPSA) is 127 Å². The molecule has 0 aromatic rings. The van der Waals surface area contributed by atoms with Crippen molar-refractivity contribution in [1.29, 1.82) is 0 Å². The predicted octanol–water partition coefficient (Wildman–Crippen LogP) is -1.67. The quantitative estimate of drug-likeness (QED) is 0.240. The lowest BCUT2D eigenvalue weighted by Crippen LogP contribution is -2.53. The van der Waals surface area contributed by atoms with Crippen LogP contribution in [0.1, 0.15) is 32.6 Å². The minimum atomic E-state index is -1.71. The number of carbonyl (C=O) groups is 2. The molecule has 0 aromatic heterocycles. The molecule has 112 valence electrons. The number of hydrogen-bond donors (Lipinski definition) is 5. The molecule has 4 atom stereocenters. The van der Waals surface area contributed by atoms with Crippen molar-refractivity contribution in [3.05, 3.63) is 0 Å². The van der Waals surface area contributed by atoms with Crippen molar-refractivity contribution in [2.24, 2.45) is 0 Å². The summed E-state index contributed by atoms with van der Waals surface area (Å²) >= 11 is 0. The Morgan fingerprint density at radius 1 is 1.21 bits per heavy atom. The van der Waals surface area contributed by atoms with E-state index in [2.05, 4.69) is 5.32 Å². The number of aliphatic hydroxyl groups excluding tert-OH is 4. The number of nitrogens with one attached hydrogen (secondary N) is 1. The predicted molar refractivity (Wildman–Crippen MR) is 67.2 cm³/mol. The summed E-state index contributed by atoms with van der Waals surface area (Å²) in [6, 6.07) is -1.31. The third-order valence-corrected chi connectivity index (χ3v) is 2.78. The fraction of sp³-hybridized carbons (Fsp3) is 0.833. The van der Waals surface area contributed by atoms with Gasteiger partial charge in [-0.3, -0.25) is 4.79 Å². The van der Waals surface area contributed by atoms with Gasteiger partial charge in [0.1, 0.15) is 30.6 Å². The average Bonchev–Trinajstić information content (AvgIpc) is 2.42. The highest BCUT2D eigenvalue weighted by molar-refractivity contribution is 5.79. The highest BCUT2D eigenvalue weighted by Gasteiger charge is 2.31. The standard InChI is InChI=1S/C12H23NO6/c1-2-3-4-5-10(17)13-8(6-14)11(18)12(19)9(16)7-15/h6,8-9,11-12,15-16,18-19H,2-5,7H2,1H3,(H,13,17)/t8-,9+,11+,12+/m0/s1. The van der Waals surface area contributed by atoms with E-state index in [0.717, 1.165) is 12.8 Å². The van der Waals surface area contributed by atoms with E-state index in [-0.39, 0.29) is 12.7 Å². The molecule has 7 heteroatoms. The van der Waals surface area contributed by atoms with E-state index in [0.29, 0.717) is 6.42 Å². The molecule has 0 saturated carbocycles. The molecule has 0 fully saturated rings. The van der Waals surface area contributed by atoms with Gasteiger partial charge in [0.05, 0.1) is 6.61 Å². The van der Waals surface area contributed by atoms with Crippen molar-refractivity contribution in [3.63, 3.8) is 0 Å². The number of aldehydes is 1. The van der Waals surface area contributed by atoms with Crippen LogP contribution < -0.4 is 5.32 Å². The fourth-order valence-electron chi connectivity index (χ4n) is 1.54. The summed E-state index contributed by atoms with van der Waals surface area (Å²) in [5.74, 6) is -0.407. The minimum Gasteiger partial charge on any atom is -0.394 e. The van der Waals surface area contributed by atoms with Gasteiger partial charge in [-0.2, -0.15) is 0 Å². The summed E-state index contributed by atoms with van der Waals surface area (Å²) in [4.78, 5) is 22.3. The Morgan fingerprint density at radius 3 is 2.32 bits per heavy atom. The average molecular weight is 277 g/mol. The third-order valence-electron chi connectivity index (χ3n) is 2.78. The Kier molecular flexibility index (Phi) is 9.32. The van der Waals surface area contributed by atoms with Gasteiger partial charge in [0.25, 0.3) is 0 Å². The Balaban J connectivity index is 4.32. The Labute approximate surface area is 112 Å². The molecule has 0 rings (SSSR count). The maximum atomic E-state index is 11.5. The first-order valence-electron chi connectivity index (χ1n) is 6.37. The van der Waals surface area contributed by atoms with Crippen LogP contribution in [0.25, 0.3) is 0 Å². The first-order valence-corrected chi connectivity index (χ1v) is 6.37. The molecule has 0 spiro atoms. The van der Waals surface area contributed by atoms with Crippen LogP contribution >= 0.6 is 0 Å². The summed E-state index contributed by atoms with van der Waals surface area (Å²) in [6.45, 7) is 1.23. The number of carbonyl (C=O) groups excluding carboxylic acids is 2. The zero-order valence-electron chi connectivity index (χ0n) is 11.0. The van der Waals surface area contributed by atoms with Gasteiger partial charge >= 0.3 is 0 Å². The Hall–Kier alpha value is -1.02. The first kappa shape index (κ1) is 18.0. The van der Waals surface area contributed by atoms with Gasteiger partial charge < -0.3 is 30.5 Å². The van der Waals surface area contributed by atoms with Gasteiger partial charge in [-0.1, -0.05) is 19.8 Å². The van der Waals surface area contributed by atoms with Crippen molar-refractivity contribution in [2.75, 3.05) is 6.61 Å². The second-order valence-electron chi connectivity index (χ2n) is 4.42. The van der Waals surface area contributed by atoms with E-state index >= 15 is 0 Å². The van der Waals surface area contributed by atoms with E-state index < -0.39 is 36.9 Å². The molecule has 7 nitrogen and oxygen atoms in total. The molecule has 1 amide bonds. The summed E-state index contributed by atoms with van der Waals surface area (Å²) in [5, 5.41) is 39.1. The van der Waals surface area contributed by atoms with Gasteiger partial charge in [-0.15, -0.1) is 0 Å². The van der Waals surface area contributed by atoms with E-state index in [1.807, 2.05) is 6.92 Å². The second kappa shape index (κ2) is 9.85. The molecule has 0 bridgehead atoms. The summed E-state index contributed by atoms with van der Waals surface area (Å²) in [6.07, 6.45) is -1.94. The number of rotatable bonds is 10. The van der Waals surface area contributed by atoms with Crippen molar-refractivity contribution in [1.82, 2.24) is 5.32 Å². The molecule has 0 aliphatic rings. The van der Waals surface area contributed by atoms with E-state index in [1.54, 1.807) is 0 Å². The van der Waals surface area contributed by atoms with Gasteiger partial charge in [0.2, 0.25) is 5.91 Å². The van der Waals surface area contributed by atoms with Crippen LogP contribution in [0.4, 0.5) is 0 Å². The van der Waals surface area contributed by atoms with Crippen LogP contribution in [-0.2, 0) is 9.59 Å². The van der Waals surface area contributed by atoms with Gasteiger partial charge in [0, 0.05) is 6.42 Å². The van der Waals surface area contributed by atoms with E-state index in [9.17, 15) is 19.8 Å². The summed E-state index contributed by atoms with van der Waals surface area (Å²) in [5.41, 5.74) is 0. The number of aliphatic hydroxyl groups is 4. The molecule has 0 heterocycles. The van der Waals surface area contributed by atoms with Crippen molar-refractivity contribution in [2.45, 2.75) is 57.0 Å². The van der Waals surface area contributed by atoms with Gasteiger partial charge in [0.15, 0.2) is 0 Å². The van der Waals surface area contributed by atoms with Crippen LogP contribution in [0.5, 0.6) is 0 Å². The maximum Gasteiger partial charge on any atom is 0.220 e. The molecule has 5 N–H and O–H groups in total. The molecule has 0 aliphatic heterocycles. The molecular weight excluding hydrogens is 254 g/mol. The van der Waals surface area contributed by atoms with Crippen LogP contribution in [0, 0.1) is 0 Å². The van der Waals surface area contributed by atoms with Gasteiger partial charge in [-0.25, -0.2) is 0 Å². The maximum absolute atomic E-state index is 11.5. The van der Waals surface area contributed by atoms with Crippen LogP contribution in [-0.4, -0.2) is 63.6 Å². The van der Waals surface area contributed by atoms with Crippen LogP contribution in [0.15, 0.2) is 0 Å². The second-order valence-corrected chi connectivity index (χ2v) is 4.42. The molecule has 0 aromatic carbocycles. The smallest absolute Gasteiger partial charge is 0.220 e. The Morgan fingerprint density at radius 2 is 1.84 bits per heavy atom. The SMILES string of the molecule is CCCCCC(=O)N[C@@H](C=O)[C@@H](O)[C@H](O)[C@H](O)CO. The lowest BCUT2D eigenvalue weighted by atomic mass is 10.0. The Bertz CT molecular complexity index is 273. The van der Waals surface area contributed by atoms with Crippen molar-refractivity contribution < 1.29 is 30.0 Å². The molecule has 0 unspecified atom stereocenters. The number of unbranched alkanes of at least 4 members (excludes halogenated alkanes) is 2. The molecule has 0 radical (unpaired) electrons. The monoisotopic (exact) mass is 277 g/mol. The molecule has 0 saturated heterocycles. The van der Waals surface area contributed by atoms with E-state index in [1.165, 1.54) is 0 Å². The molecule has 19 heavy (non-hydrogen) atoms. The highest BCUT2D eigenvalue weighted by Crippen LogP contribution is 2.05. The first-order chi connectivity index (χ1) is 8.97. The fourth-order valence-corrected chi connectivity index (χ4v) is 1.54. The van der Waals surface area contributed by atoms with Crippen molar-refractivity contribution >= 4 is 12.2 Å². The van der Waals surface area contributed by atoms with Gasteiger partial charge in [-0.05, 0) is 6.42 Å². The highest BCUT2D eigenvalue weighted by atomic mass is 16.4. The largest absolute Gasteiger partial charge is 0.394 e. The summed E-state index contributed by atoms with van der Waals surface area (Å²) in [7, 11) is 0. The van der Waals surface area contributed by atoms with Crippen LogP contribution in [0.3, 0.4) is 0 Å². The zero-order chi connectivity index (χ0) is 14.8. The number of amides is 1. The minimum absolute atomic E-state index is 0.226. The third kappa shape index (κ3) is 6.63. The van der Waals surface area contributed by atoms with E-state index in [4.69, 9.17) is 10.2 Å². The molecular formula is C12H23NO6. The lowest BCUT2D eigenvalue weighted by molar-refractivity contribution is -0.131. The zero-order valence-corrected chi connectivity index (χ0v) is 11.0. The van der Waals surface area contributed by atoms with Crippen molar-refractivity contribution in [3.8, 4) is 0 Å². The number of hydrogen-bond acceptors (Lipinski definition) is 6. The lowest BCUT2D eigenvalue weighted by Gasteiger charge is -2.26. The normalized spacial score (nSPS) is 17.3. The summed E-state index contributed by atoms with van der Waals surface area (Å²) < 4.78 is 0. The molecule has 0 aliphatic carbocycles. The van der Waals surface area contributed by atoms with Crippen LogP contribution in [0.2, 0.25) is 0 Å².